The zero-order valence-electron chi connectivity index (χ0n) is 15.1. The number of nitrogens with one attached hydrogen (secondary N) is 1. The van der Waals surface area contributed by atoms with Gasteiger partial charge in [0.2, 0.25) is 0 Å². The number of aromatic amines is 1. The SMILES string of the molecule is CC1(C)OCC(c2nc3c(OCC4CCCCC4)c(Cl)c(Cl)cc3[nH]2)O1. The second-order valence-corrected chi connectivity index (χ2v) is 8.44. The van der Waals surface area contributed by atoms with E-state index < -0.39 is 5.79 Å². The Morgan fingerprint density at radius 2 is 2.04 bits per heavy atom. The summed E-state index contributed by atoms with van der Waals surface area (Å²) < 4.78 is 17.7. The molecule has 1 saturated carbocycles. The van der Waals surface area contributed by atoms with Crippen molar-refractivity contribution in [2.75, 3.05) is 13.2 Å². The van der Waals surface area contributed by atoms with Gasteiger partial charge in [-0.05, 0) is 38.7 Å². The van der Waals surface area contributed by atoms with Crippen molar-refractivity contribution in [2.24, 2.45) is 5.92 Å². The normalized spacial score (nSPS) is 23.6. The summed E-state index contributed by atoms with van der Waals surface area (Å²) in [5.41, 5.74) is 1.49. The van der Waals surface area contributed by atoms with Crippen molar-refractivity contribution in [3.63, 3.8) is 0 Å². The van der Waals surface area contributed by atoms with Crippen LogP contribution in [-0.2, 0) is 9.47 Å². The molecule has 1 N–H and O–H groups in total. The van der Waals surface area contributed by atoms with Gasteiger partial charge in [-0.25, -0.2) is 4.98 Å². The number of aromatic nitrogens is 2. The first-order valence-electron chi connectivity index (χ1n) is 9.25. The van der Waals surface area contributed by atoms with Gasteiger partial charge in [0, 0.05) is 0 Å². The van der Waals surface area contributed by atoms with E-state index in [2.05, 4.69) is 4.98 Å². The standard InChI is InChI=1S/C19H24Cl2N2O3/c1-19(2)25-10-14(26-19)18-22-13-8-12(20)15(21)17(16(13)23-18)24-9-11-6-4-3-5-7-11/h8,11,14H,3-7,9-10H2,1-2H3,(H,22,23). The minimum absolute atomic E-state index is 0.249. The lowest BCUT2D eigenvalue weighted by Gasteiger charge is -2.22. The maximum absolute atomic E-state index is 6.44. The van der Waals surface area contributed by atoms with Gasteiger partial charge >= 0.3 is 0 Å². The van der Waals surface area contributed by atoms with E-state index in [1.807, 2.05) is 13.8 Å². The molecule has 2 fully saturated rings. The van der Waals surface area contributed by atoms with Crippen LogP contribution >= 0.6 is 23.2 Å². The monoisotopic (exact) mass is 398 g/mol. The summed E-state index contributed by atoms with van der Waals surface area (Å²) in [6.07, 6.45) is 6.02. The van der Waals surface area contributed by atoms with Gasteiger partial charge in [0.05, 0.1) is 23.8 Å². The Hall–Kier alpha value is -1.01. The molecule has 1 unspecified atom stereocenters. The maximum atomic E-state index is 6.44. The molecule has 0 amide bonds. The van der Waals surface area contributed by atoms with Gasteiger partial charge in [0.25, 0.3) is 0 Å². The second kappa shape index (κ2) is 7.19. The van der Waals surface area contributed by atoms with E-state index in [9.17, 15) is 0 Å². The molecule has 2 aromatic rings. The minimum atomic E-state index is -0.612. The summed E-state index contributed by atoms with van der Waals surface area (Å²) in [5.74, 6) is 1.21. The third-order valence-electron chi connectivity index (χ3n) is 5.15. The molecule has 5 nitrogen and oxygen atoms in total. The van der Waals surface area contributed by atoms with Crippen LogP contribution in [-0.4, -0.2) is 29.0 Å². The van der Waals surface area contributed by atoms with Crippen molar-refractivity contribution < 1.29 is 14.2 Å². The molecule has 1 aromatic heterocycles. The number of nitrogens with zero attached hydrogens (tertiary/aromatic N) is 1. The average Bonchev–Trinajstić information content (AvgIpc) is 3.19. The summed E-state index contributed by atoms with van der Waals surface area (Å²) in [6.45, 7) is 4.88. The molecule has 2 aliphatic rings. The maximum Gasteiger partial charge on any atom is 0.167 e. The van der Waals surface area contributed by atoms with E-state index in [-0.39, 0.29) is 6.10 Å². The van der Waals surface area contributed by atoms with Crippen LogP contribution in [0.5, 0.6) is 5.75 Å². The predicted molar refractivity (Wildman–Crippen MR) is 102 cm³/mol. The summed E-state index contributed by atoms with van der Waals surface area (Å²) in [6, 6.07) is 1.78. The molecule has 7 heteroatoms. The van der Waals surface area contributed by atoms with Crippen LogP contribution < -0.4 is 4.74 Å². The van der Waals surface area contributed by atoms with E-state index in [0.29, 0.717) is 46.3 Å². The number of rotatable bonds is 4. The molecular weight excluding hydrogens is 375 g/mol. The van der Waals surface area contributed by atoms with E-state index in [1.54, 1.807) is 6.07 Å². The van der Waals surface area contributed by atoms with Crippen LogP contribution in [0.4, 0.5) is 0 Å². The quantitative estimate of drug-likeness (QED) is 0.722. The smallest absolute Gasteiger partial charge is 0.167 e. The Balaban J connectivity index is 1.61. The van der Waals surface area contributed by atoms with E-state index in [4.69, 9.17) is 42.4 Å². The molecule has 4 rings (SSSR count). The lowest BCUT2D eigenvalue weighted by Crippen LogP contribution is -2.19. The van der Waals surface area contributed by atoms with Crippen molar-refractivity contribution in [1.29, 1.82) is 0 Å². The van der Waals surface area contributed by atoms with Gasteiger partial charge in [0.1, 0.15) is 22.5 Å². The summed E-state index contributed by atoms with van der Waals surface area (Å²) in [4.78, 5) is 7.98. The first kappa shape index (κ1) is 18.4. The molecule has 1 aromatic carbocycles. The van der Waals surface area contributed by atoms with E-state index in [0.717, 1.165) is 5.52 Å². The van der Waals surface area contributed by atoms with E-state index in [1.165, 1.54) is 32.1 Å². The van der Waals surface area contributed by atoms with Gasteiger partial charge in [-0.2, -0.15) is 0 Å². The van der Waals surface area contributed by atoms with Crippen LogP contribution in [0.25, 0.3) is 11.0 Å². The first-order valence-corrected chi connectivity index (χ1v) is 10.0. The molecule has 1 aliphatic carbocycles. The number of hydrogen-bond acceptors (Lipinski definition) is 4. The number of benzene rings is 1. The van der Waals surface area contributed by atoms with Gasteiger partial charge in [-0.15, -0.1) is 0 Å². The van der Waals surface area contributed by atoms with Crippen LogP contribution in [0.1, 0.15) is 57.9 Å². The Bertz CT molecular complexity index is 800. The Morgan fingerprint density at radius 3 is 2.73 bits per heavy atom. The predicted octanol–water partition coefficient (Wildman–Crippen LogP) is 5.65. The Labute approximate surface area is 163 Å². The zero-order valence-corrected chi connectivity index (χ0v) is 16.6. The summed E-state index contributed by atoms with van der Waals surface area (Å²) in [5, 5.41) is 0.869. The highest BCUT2D eigenvalue weighted by atomic mass is 35.5. The molecule has 26 heavy (non-hydrogen) atoms. The summed E-state index contributed by atoms with van der Waals surface area (Å²) >= 11 is 12.8. The van der Waals surface area contributed by atoms with Gasteiger partial charge in [0.15, 0.2) is 11.5 Å². The van der Waals surface area contributed by atoms with Crippen LogP contribution in [0, 0.1) is 5.92 Å². The molecule has 0 radical (unpaired) electrons. The molecular formula is C19H24Cl2N2O3. The number of fused-ring (bicyclic) bond motifs is 1. The molecule has 1 atom stereocenters. The fraction of sp³-hybridized carbons (Fsp3) is 0.632. The van der Waals surface area contributed by atoms with Gasteiger partial charge < -0.3 is 19.2 Å². The third kappa shape index (κ3) is 3.68. The van der Waals surface area contributed by atoms with Gasteiger partial charge in [-0.3, -0.25) is 0 Å². The fourth-order valence-corrected chi connectivity index (χ4v) is 4.14. The second-order valence-electron chi connectivity index (χ2n) is 7.65. The van der Waals surface area contributed by atoms with Crippen LogP contribution in [0.3, 0.4) is 0 Å². The fourth-order valence-electron chi connectivity index (χ4n) is 3.75. The Kier molecular flexibility index (Phi) is 5.08. The van der Waals surface area contributed by atoms with Crippen molar-refractivity contribution in [3.8, 4) is 5.75 Å². The van der Waals surface area contributed by atoms with Crippen molar-refractivity contribution in [2.45, 2.75) is 57.8 Å². The number of hydrogen-bond donors (Lipinski definition) is 1. The molecule has 1 aliphatic heterocycles. The Morgan fingerprint density at radius 1 is 1.27 bits per heavy atom. The lowest BCUT2D eigenvalue weighted by atomic mass is 9.90. The number of halogens is 2. The van der Waals surface area contributed by atoms with Crippen LogP contribution in [0.2, 0.25) is 10.0 Å². The lowest BCUT2D eigenvalue weighted by molar-refractivity contribution is -0.139. The van der Waals surface area contributed by atoms with Crippen LogP contribution in [0.15, 0.2) is 6.07 Å². The molecule has 0 bridgehead atoms. The molecule has 2 heterocycles. The number of imidazole rings is 1. The van der Waals surface area contributed by atoms with Crippen molar-refractivity contribution in [3.05, 3.63) is 21.9 Å². The highest BCUT2D eigenvalue weighted by Gasteiger charge is 2.35. The molecule has 142 valence electrons. The largest absolute Gasteiger partial charge is 0.489 e. The van der Waals surface area contributed by atoms with Crippen molar-refractivity contribution >= 4 is 34.2 Å². The van der Waals surface area contributed by atoms with Gasteiger partial charge in [-0.1, -0.05) is 42.5 Å². The number of ether oxygens (including phenoxy) is 3. The summed E-state index contributed by atoms with van der Waals surface area (Å²) in [7, 11) is 0. The number of H-pyrrole nitrogens is 1. The average molecular weight is 399 g/mol. The zero-order chi connectivity index (χ0) is 18.3. The molecule has 1 saturated heterocycles. The highest BCUT2D eigenvalue weighted by molar-refractivity contribution is 6.44. The minimum Gasteiger partial charge on any atom is -0.489 e. The third-order valence-corrected chi connectivity index (χ3v) is 5.92. The topological polar surface area (TPSA) is 56.4 Å². The van der Waals surface area contributed by atoms with Crippen molar-refractivity contribution in [1.82, 2.24) is 9.97 Å². The van der Waals surface area contributed by atoms with E-state index >= 15 is 0 Å². The first-order chi connectivity index (χ1) is 12.4. The highest BCUT2D eigenvalue weighted by Crippen LogP contribution is 2.40. The molecule has 0 spiro atoms.